The minimum absolute atomic E-state index is 0.0229. The van der Waals surface area contributed by atoms with Gasteiger partial charge < -0.3 is 4.74 Å². The molecule has 0 unspecified atom stereocenters. The number of hydrogen-bond acceptors (Lipinski definition) is 2. The third kappa shape index (κ3) is 2.73. The van der Waals surface area contributed by atoms with Crippen molar-refractivity contribution >= 4 is 5.97 Å². The lowest BCUT2D eigenvalue weighted by molar-refractivity contribution is -0.146. The quantitative estimate of drug-likeness (QED) is 0.515. The second kappa shape index (κ2) is 6.21. The van der Waals surface area contributed by atoms with Gasteiger partial charge in [-0.2, -0.15) is 0 Å². The van der Waals surface area contributed by atoms with Crippen molar-refractivity contribution in [3.63, 3.8) is 0 Å². The van der Waals surface area contributed by atoms with Gasteiger partial charge in [0.1, 0.15) is 6.10 Å². The van der Waals surface area contributed by atoms with Crippen LogP contribution in [0.25, 0.3) is 0 Å². The van der Waals surface area contributed by atoms with Crippen LogP contribution in [-0.4, -0.2) is 12.1 Å². The van der Waals surface area contributed by atoms with Gasteiger partial charge in [0.25, 0.3) is 0 Å². The van der Waals surface area contributed by atoms with E-state index >= 15 is 0 Å². The van der Waals surface area contributed by atoms with Gasteiger partial charge in [-0.25, -0.2) is 0 Å². The highest BCUT2D eigenvalue weighted by molar-refractivity contribution is 5.90. The highest BCUT2D eigenvalue weighted by Gasteiger charge is 2.70. The van der Waals surface area contributed by atoms with Crippen LogP contribution in [0.3, 0.4) is 0 Å². The number of carbonyl (C=O) groups is 1. The Labute approximate surface area is 127 Å². The molecule has 0 bridgehead atoms. The van der Waals surface area contributed by atoms with E-state index in [-0.39, 0.29) is 17.5 Å². The fourth-order valence-corrected chi connectivity index (χ4v) is 3.87. The van der Waals surface area contributed by atoms with E-state index in [1.165, 1.54) is 38.5 Å². The summed E-state index contributed by atoms with van der Waals surface area (Å²) in [6, 6.07) is 10.2. The molecule has 0 spiro atoms. The third-order valence-corrected chi connectivity index (χ3v) is 5.22. The van der Waals surface area contributed by atoms with Crippen LogP contribution in [0.2, 0.25) is 0 Å². The molecule has 1 aromatic carbocycles. The molecular formula is C19H26O2. The number of unbranched alkanes of at least 4 members (excludes halogenated alkanes) is 5. The van der Waals surface area contributed by atoms with Crippen LogP contribution in [0.5, 0.6) is 0 Å². The maximum Gasteiger partial charge on any atom is 0.317 e. The first-order valence-electron chi connectivity index (χ1n) is 8.55. The number of ether oxygens (including phenoxy) is 1. The maximum atomic E-state index is 12.3. The Morgan fingerprint density at radius 2 is 1.81 bits per heavy atom. The molecule has 1 aliphatic carbocycles. The van der Waals surface area contributed by atoms with Crippen LogP contribution in [0.15, 0.2) is 30.3 Å². The fraction of sp³-hybridized carbons (Fsp3) is 0.632. The number of benzene rings is 1. The molecule has 2 nitrogen and oxygen atoms in total. The van der Waals surface area contributed by atoms with Gasteiger partial charge in [0.2, 0.25) is 0 Å². The minimum atomic E-state index is -0.284. The number of hydrogen-bond donors (Lipinski definition) is 0. The molecule has 2 aliphatic rings. The molecule has 2 fully saturated rings. The molecule has 114 valence electrons. The average molecular weight is 286 g/mol. The molecule has 0 radical (unpaired) electrons. The standard InChI is InChI=1S/C19H26O2/c1-2-3-4-5-6-10-13-17-16-14-19(16,18(20)21-17)15-11-8-7-9-12-15/h7-9,11-12,16-17H,2-6,10,13-14H2,1H3/t16-,17-,19+/m1/s1. The van der Waals surface area contributed by atoms with Gasteiger partial charge in [-0.3, -0.25) is 4.79 Å². The lowest BCUT2D eigenvalue weighted by atomic mass is 9.93. The third-order valence-electron chi connectivity index (χ3n) is 5.22. The van der Waals surface area contributed by atoms with Gasteiger partial charge in [0.15, 0.2) is 0 Å². The van der Waals surface area contributed by atoms with E-state index in [1.807, 2.05) is 18.2 Å². The van der Waals surface area contributed by atoms with Gasteiger partial charge in [-0.05, 0) is 24.8 Å². The van der Waals surface area contributed by atoms with Crippen molar-refractivity contribution in [2.75, 3.05) is 0 Å². The van der Waals surface area contributed by atoms with Crippen molar-refractivity contribution in [3.8, 4) is 0 Å². The zero-order valence-electron chi connectivity index (χ0n) is 13.0. The van der Waals surface area contributed by atoms with Crippen molar-refractivity contribution in [1.29, 1.82) is 0 Å². The lowest BCUT2D eigenvalue weighted by Crippen LogP contribution is -2.19. The van der Waals surface area contributed by atoms with Crippen LogP contribution in [-0.2, 0) is 14.9 Å². The van der Waals surface area contributed by atoms with E-state index in [0.29, 0.717) is 5.92 Å². The Morgan fingerprint density at radius 3 is 2.52 bits per heavy atom. The predicted molar refractivity (Wildman–Crippen MR) is 84.1 cm³/mol. The zero-order chi connectivity index (χ0) is 14.7. The second-order valence-corrected chi connectivity index (χ2v) is 6.65. The summed E-state index contributed by atoms with van der Waals surface area (Å²) in [5, 5.41) is 0. The van der Waals surface area contributed by atoms with Gasteiger partial charge in [0, 0.05) is 5.92 Å². The number of fused-ring (bicyclic) bond motifs is 1. The molecule has 0 amide bonds. The van der Waals surface area contributed by atoms with Crippen molar-refractivity contribution in [2.45, 2.75) is 69.8 Å². The van der Waals surface area contributed by atoms with E-state index in [1.54, 1.807) is 0 Å². The van der Waals surface area contributed by atoms with Gasteiger partial charge in [-0.1, -0.05) is 69.4 Å². The average Bonchev–Trinajstić information content (AvgIpc) is 3.21. The largest absolute Gasteiger partial charge is 0.461 e. The zero-order valence-corrected chi connectivity index (χ0v) is 13.0. The summed E-state index contributed by atoms with van der Waals surface area (Å²) in [5.41, 5.74) is 0.874. The van der Waals surface area contributed by atoms with Gasteiger partial charge in [0.05, 0.1) is 5.41 Å². The summed E-state index contributed by atoms with van der Waals surface area (Å²) >= 11 is 0. The van der Waals surface area contributed by atoms with Crippen molar-refractivity contribution in [1.82, 2.24) is 0 Å². The minimum Gasteiger partial charge on any atom is -0.461 e. The van der Waals surface area contributed by atoms with Crippen LogP contribution >= 0.6 is 0 Å². The first-order chi connectivity index (χ1) is 10.3. The fourth-order valence-electron chi connectivity index (χ4n) is 3.87. The summed E-state index contributed by atoms with van der Waals surface area (Å²) in [5.74, 6) is 0.456. The molecule has 2 heteroatoms. The molecule has 1 aromatic rings. The van der Waals surface area contributed by atoms with Crippen molar-refractivity contribution < 1.29 is 9.53 Å². The topological polar surface area (TPSA) is 26.3 Å². The Bertz CT molecular complexity index is 482. The van der Waals surface area contributed by atoms with Crippen LogP contribution < -0.4 is 0 Å². The summed E-state index contributed by atoms with van der Waals surface area (Å²) in [7, 11) is 0. The lowest BCUT2D eigenvalue weighted by Gasteiger charge is -2.12. The van der Waals surface area contributed by atoms with E-state index in [4.69, 9.17) is 4.74 Å². The first-order valence-corrected chi connectivity index (χ1v) is 8.55. The Morgan fingerprint density at radius 1 is 1.10 bits per heavy atom. The van der Waals surface area contributed by atoms with Crippen molar-refractivity contribution in [3.05, 3.63) is 35.9 Å². The molecule has 1 heterocycles. The number of cyclic esters (lactones) is 1. The van der Waals surface area contributed by atoms with E-state index in [9.17, 15) is 4.79 Å². The maximum absolute atomic E-state index is 12.3. The molecule has 0 N–H and O–H groups in total. The summed E-state index contributed by atoms with van der Waals surface area (Å²) < 4.78 is 5.67. The van der Waals surface area contributed by atoms with Crippen molar-refractivity contribution in [2.24, 2.45) is 5.92 Å². The van der Waals surface area contributed by atoms with Crippen LogP contribution in [0.1, 0.15) is 63.9 Å². The number of carbonyl (C=O) groups excluding carboxylic acids is 1. The Kier molecular flexibility index (Phi) is 4.32. The van der Waals surface area contributed by atoms with E-state index in [0.717, 1.165) is 18.4 Å². The number of esters is 1. The molecule has 1 saturated carbocycles. The van der Waals surface area contributed by atoms with E-state index < -0.39 is 0 Å². The normalized spacial score (nSPS) is 30.0. The number of rotatable bonds is 8. The predicted octanol–water partition coefficient (Wildman–Crippen LogP) is 4.62. The van der Waals surface area contributed by atoms with E-state index in [2.05, 4.69) is 19.1 Å². The molecule has 3 rings (SSSR count). The molecular weight excluding hydrogens is 260 g/mol. The monoisotopic (exact) mass is 286 g/mol. The van der Waals surface area contributed by atoms with Crippen LogP contribution in [0, 0.1) is 5.92 Å². The Balaban J connectivity index is 1.50. The highest BCUT2D eigenvalue weighted by atomic mass is 16.6. The molecule has 3 atom stereocenters. The summed E-state index contributed by atoms with van der Waals surface area (Å²) in [6.45, 7) is 2.24. The molecule has 21 heavy (non-hydrogen) atoms. The molecule has 1 aliphatic heterocycles. The molecule has 1 saturated heterocycles. The summed E-state index contributed by atoms with van der Waals surface area (Å²) in [4.78, 5) is 12.3. The Hall–Kier alpha value is -1.31. The van der Waals surface area contributed by atoms with Crippen LogP contribution in [0.4, 0.5) is 0 Å². The van der Waals surface area contributed by atoms with Gasteiger partial charge >= 0.3 is 5.97 Å². The summed E-state index contributed by atoms with van der Waals surface area (Å²) in [6.07, 6.45) is 10.0. The smallest absolute Gasteiger partial charge is 0.317 e. The molecule has 0 aromatic heterocycles. The SMILES string of the molecule is CCCCCCCC[C@H]1OC(=O)[C@]2(c3ccccc3)C[C@H]12. The highest BCUT2D eigenvalue weighted by Crippen LogP contribution is 2.62. The second-order valence-electron chi connectivity index (χ2n) is 6.65. The first kappa shape index (κ1) is 14.6. The van der Waals surface area contributed by atoms with Gasteiger partial charge in [-0.15, -0.1) is 0 Å².